The lowest BCUT2D eigenvalue weighted by atomic mass is 10.0. The second-order valence-electron chi connectivity index (χ2n) is 8.20. The van der Waals surface area contributed by atoms with Crippen LogP contribution >= 0.6 is 0 Å². The van der Waals surface area contributed by atoms with Gasteiger partial charge in [-0.15, -0.1) is 0 Å². The zero-order valence-corrected chi connectivity index (χ0v) is 17.6. The molecule has 2 N–H and O–H groups in total. The van der Waals surface area contributed by atoms with E-state index in [2.05, 4.69) is 10.2 Å². The fourth-order valence-corrected chi connectivity index (χ4v) is 4.28. The van der Waals surface area contributed by atoms with Crippen LogP contribution in [-0.2, 0) is 6.54 Å². The van der Waals surface area contributed by atoms with Crippen molar-refractivity contribution >= 4 is 22.3 Å². The summed E-state index contributed by atoms with van der Waals surface area (Å²) in [5.74, 6) is 1.52. The zero-order chi connectivity index (χ0) is 23.0. The highest BCUT2D eigenvalue weighted by atomic mass is 19.4. The lowest BCUT2D eigenvalue weighted by molar-refractivity contribution is -0.0999. The Kier molecular flexibility index (Phi) is 5.53. The maximum absolute atomic E-state index is 12.7. The Morgan fingerprint density at radius 2 is 1.79 bits per heavy atom. The number of ether oxygens (including phenoxy) is 2. The van der Waals surface area contributed by atoms with Crippen molar-refractivity contribution in [3.63, 3.8) is 0 Å². The average molecular weight is 461 g/mol. The summed E-state index contributed by atoms with van der Waals surface area (Å²) in [5.41, 5.74) is 1.17. The lowest BCUT2D eigenvalue weighted by Gasteiger charge is -2.33. The lowest BCUT2D eigenvalue weighted by Crippen LogP contribution is -2.38. The number of hydrogen-bond acceptors (Lipinski definition) is 7. The topological polar surface area (TPSA) is 76.0 Å². The Labute approximate surface area is 187 Å². The normalized spacial score (nSPS) is 16.8. The molecule has 1 fully saturated rings. The van der Waals surface area contributed by atoms with Crippen molar-refractivity contribution in [2.24, 2.45) is 0 Å². The summed E-state index contributed by atoms with van der Waals surface area (Å²) in [5, 5.41) is 5.26. The van der Waals surface area contributed by atoms with E-state index in [0.717, 1.165) is 49.5 Å². The Bertz CT molecular complexity index is 1220. The van der Waals surface area contributed by atoms with E-state index >= 15 is 0 Å². The summed E-state index contributed by atoms with van der Waals surface area (Å²) >= 11 is 0. The monoisotopic (exact) mass is 461 g/mol. The highest BCUT2D eigenvalue weighted by molar-refractivity contribution is 5.92. The molecule has 10 heteroatoms. The third-order valence-corrected chi connectivity index (χ3v) is 5.82. The van der Waals surface area contributed by atoms with E-state index in [-0.39, 0.29) is 24.1 Å². The van der Waals surface area contributed by atoms with E-state index in [9.17, 15) is 18.0 Å². The minimum atomic E-state index is -4.55. The number of halogens is 3. The van der Waals surface area contributed by atoms with Gasteiger partial charge in [0, 0.05) is 42.8 Å². The quantitative estimate of drug-likeness (QED) is 0.427. The molecule has 0 atom stereocenters. The van der Waals surface area contributed by atoms with Crippen LogP contribution in [0.3, 0.4) is 0 Å². The van der Waals surface area contributed by atoms with Crippen molar-refractivity contribution in [2.75, 3.05) is 30.5 Å². The van der Waals surface area contributed by atoms with Crippen LogP contribution in [0.5, 0.6) is 11.5 Å². The molecule has 0 unspecified atom stereocenters. The predicted octanol–water partition coefficient (Wildman–Crippen LogP) is 4.53. The molecule has 3 aromatic rings. The number of rotatable bonds is 5. The van der Waals surface area contributed by atoms with Gasteiger partial charge in [0.25, 0.3) is 0 Å². The molecule has 2 aliphatic heterocycles. The number of likely N-dealkylation sites (tertiary alicyclic amines) is 1. The highest BCUT2D eigenvalue weighted by Crippen LogP contribution is 2.33. The third kappa shape index (κ3) is 5.00. The van der Waals surface area contributed by atoms with E-state index in [1.54, 1.807) is 0 Å². The summed E-state index contributed by atoms with van der Waals surface area (Å²) in [6.07, 6.45) is -2.90. The Hall–Kier alpha value is -3.40. The summed E-state index contributed by atoms with van der Waals surface area (Å²) in [7, 11) is 0. The van der Waals surface area contributed by atoms with Gasteiger partial charge in [-0.1, -0.05) is 6.07 Å². The van der Waals surface area contributed by atoms with Crippen LogP contribution in [0.4, 0.5) is 24.5 Å². The minimum absolute atomic E-state index is 0.0854. The molecule has 0 spiro atoms. The minimum Gasteiger partial charge on any atom is -0.454 e. The Balaban J connectivity index is 1.25. The van der Waals surface area contributed by atoms with Crippen LogP contribution in [0.1, 0.15) is 18.4 Å². The number of piperidine rings is 1. The van der Waals surface area contributed by atoms with Gasteiger partial charge >= 0.3 is 11.9 Å². The summed E-state index contributed by atoms with van der Waals surface area (Å²) in [6, 6.07) is 11.2. The first-order valence-corrected chi connectivity index (χ1v) is 10.6. The second kappa shape index (κ2) is 8.51. The fourth-order valence-electron chi connectivity index (χ4n) is 4.28. The number of alkyl halides is 3. The van der Waals surface area contributed by atoms with Crippen LogP contribution < -0.4 is 25.7 Å². The molecule has 0 aliphatic carbocycles. The molecule has 0 bridgehead atoms. The smallest absolute Gasteiger partial charge is 0.454 e. The largest absolute Gasteiger partial charge is 0.482 e. The molecular weight excluding hydrogens is 439 g/mol. The van der Waals surface area contributed by atoms with E-state index in [0.29, 0.717) is 11.1 Å². The van der Waals surface area contributed by atoms with Crippen LogP contribution in [-0.4, -0.2) is 37.1 Å². The molecule has 0 amide bonds. The molecule has 174 valence electrons. The van der Waals surface area contributed by atoms with Gasteiger partial charge in [-0.25, -0.2) is 4.79 Å². The van der Waals surface area contributed by atoms with Gasteiger partial charge in [0.2, 0.25) is 6.79 Å². The van der Waals surface area contributed by atoms with Crippen LogP contribution in [0.15, 0.2) is 51.7 Å². The molecule has 1 aromatic heterocycles. The third-order valence-electron chi connectivity index (χ3n) is 5.82. The number of nitrogens with one attached hydrogen (secondary N) is 2. The van der Waals surface area contributed by atoms with Gasteiger partial charge in [0.15, 0.2) is 11.5 Å². The van der Waals surface area contributed by atoms with Crippen molar-refractivity contribution < 1.29 is 27.1 Å². The Morgan fingerprint density at radius 1 is 1.00 bits per heavy atom. The van der Waals surface area contributed by atoms with E-state index in [1.807, 2.05) is 18.2 Å². The van der Waals surface area contributed by atoms with Gasteiger partial charge in [-0.3, -0.25) is 10.2 Å². The maximum Gasteiger partial charge on any atom is 0.482 e. The van der Waals surface area contributed by atoms with Crippen molar-refractivity contribution in [1.82, 2.24) is 4.90 Å². The van der Waals surface area contributed by atoms with Crippen molar-refractivity contribution in [3.8, 4) is 11.5 Å². The summed E-state index contributed by atoms with van der Waals surface area (Å²) in [6.45, 7) is 2.71. The zero-order valence-electron chi connectivity index (χ0n) is 17.6. The number of fused-ring (bicyclic) bond motifs is 2. The average Bonchev–Trinajstić information content (AvgIpc) is 3.22. The van der Waals surface area contributed by atoms with Crippen molar-refractivity contribution in [1.29, 1.82) is 0 Å². The molecule has 3 heterocycles. The molecule has 1 saturated heterocycles. The first-order valence-electron chi connectivity index (χ1n) is 10.6. The van der Waals surface area contributed by atoms with E-state index in [4.69, 9.17) is 13.9 Å². The number of anilines is 2. The molecule has 7 nitrogen and oxygen atoms in total. The van der Waals surface area contributed by atoms with Crippen LogP contribution in [0, 0.1) is 0 Å². The maximum atomic E-state index is 12.7. The first-order chi connectivity index (χ1) is 15.8. The molecule has 5 rings (SSSR count). The molecule has 33 heavy (non-hydrogen) atoms. The van der Waals surface area contributed by atoms with Crippen molar-refractivity contribution in [2.45, 2.75) is 31.7 Å². The SMILES string of the molecule is O=c1cc(NC2CCN(Cc3ccc4c(c3)OCO4)CC2)c2cc(NC(F)(F)F)ccc2o1. The predicted molar refractivity (Wildman–Crippen MR) is 117 cm³/mol. The van der Waals surface area contributed by atoms with Gasteiger partial charge in [0.05, 0.1) is 5.69 Å². The number of benzene rings is 2. The van der Waals surface area contributed by atoms with E-state index in [1.165, 1.54) is 29.6 Å². The summed E-state index contributed by atoms with van der Waals surface area (Å²) < 4.78 is 54.1. The molecule has 0 radical (unpaired) electrons. The molecule has 2 aromatic carbocycles. The van der Waals surface area contributed by atoms with Gasteiger partial charge in [0.1, 0.15) is 5.58 Å². The Morgan fingerprint density at radius 3 is 2.58 bits per heavy atom. The molecule has 0 saturated carbocycles. The van der Waals surface area contributed by atoms with Crippen LogP contribution in [0.2, 0.25) is 0 Å². The molecule has 2 aliphatic rings. The van der Waals surface area contributed by atoms with Crippen molar-refractivity contribution in [3.05, 3.63) is 58.4 Å². The first kappa shape index (κ1) is 21.4. The van der Waals surface area contributed by atoms with Gasteiger partial charge < -0.3 is 19.2 Å². The standard InChI is InChI=1S/C23H22F3N3O4/c24-23(25,26)28-16-2-4-19-17(10-16)18(11-22(30)33-19)27-15-5-7-29(8-6-15)12-14-1-3-20-21(9-14)32-13-31-20/h1-4,9-11,15,27-28H,5-8,12-13H2. The van der Waals surface area contributed by atoms with Gasteiger partial charge in [-0.2, -0.15) is 13.2 Å². The van der Waals surface area contributed by atoms with E-state index < -0.39 is 11.9 Å². The van der Waals surface area contributed by atoms with Gasteiger partial charge in [-0.05, 0) is 48.7 Å². The second-order valence-corrected chi connectivity index (χ2v) is 8.20. The number of hydrogen-bond donors (Lipinski definition) is 2. The highest BCUT2D eigenvalue weighted by Gasteiger charge is 2.27. The fraction of sp³-hybridized carbons (Fsp3) is 0.348. The van der Waals surface area contributed by atoms with Crippen LogP contribution in [0.25, 0.3) is 11.0 Å². The summed E-state index contributed by atoms with van der Waals surface area (Å²) in [4.78, 5) is 14.3. The number of nitrogens with zero attached hydrogens (tertiary/aromatic N) is 1. The molecular formula is C23H22F3N3O4.